The molecule has 0 spiro atoms. The van der Waals surface area contributed by atoms with Crippen LogP contribution in [-0.4, -0.2) is 40.9 Å². The van der Waals surface area contributed by atoms with Crippen LogP contribution in [0.5, 0.6) is 0 Å². The lowest BCUT2D eigenvalue weighted by atomic mass is 10.2. The third-order valence-corrected chi connectivity index (χ3v) is 3.24. The first kappa shape index (κ1) is 13.2. The lowest BCUT2D eigenvalue weighted by Crippen LogP contribution is -2.33. The zero-order valence-electron chi connectivity index (χ0n) is 11.1. The van der Waals surface area contributed by atoms with Crippen molar-refractivity contribution in [3.63, 3.8) is 0 Å². The van der Waals surface area contributed by atoms with Crippen LogP contribution in [0, 0.1) is 6.92 Å². The fraction of sp³-hybridized carbons (Fsp3) is 0.692. The van der Waals surface area contributed by atoms with E-state index in [1.54, 1.807) is 6.20 Å². The Morgan fingerprint density at radius 1 is 1.56 bits per heavy atom. The molecule has 0 radical (unpaired) electrons. The van der Waals surface area contributed by atoms with Gasteiger partial charge in [0.15, 0.2) is 0 Å². The Hall–Kier alpha value is -1.20. The minimum atomic E-state index is -0.0240. The lowest BCUT2D eigenvalue weighted by Gasteiger charge is -2.26. The lowest BCUT2D eigenvalue weighted by molar-refractivity contribution is 0.0664. The maximum Gasteiger partial charge on any atom is 0.137 e. The average Bonchev–Trinajstić information content (AvgIpc) is 2.64. The molecule has 1 aromatic heterocycles. The average molecular weight is 251 g/mol. The van der Waals surface area contributed by atoms with Crippen molar-refractivity contribution < 1.29 is 9.84 Å². The Balaban J connectivity index is 2.25. The fourth-order valence-corrected chi connectivity index (χ4v) is 2.20. The molecule has 0 aromatic carbocycles. The summed E-state index contributed by atoms with van der Waals surface area (Å²) >= 11 is 0. The Morgan fingerprint density at radius 2 is 2.39 bits per heavy atom. The predicted octanol–water partition coefficient (Wildman–Crippen LogP) is 1.28. The van der Waals surface area contributed by atoms with Crippen LogP contribution in [0.2, 0.25) is 0 Å². The third-order valence-electron chi connectivity index (χ3n) is 3.24. The van der Waals surface area contributed by atoms with Crippen LogP contribution in [0.3, 0.4) is 0 Å². The van der Waals surface area contributed by atoms with Crippen molar-refractivity contribution in [1.29, 1.82) is 0 Å². The van der Waals surface area contributed by atoms with Gasteiger partial charge >= 0.3 is 0 Å². The fourth-order valence-electron chi connectivity index (χ4n) is 2.20. The SMILES string of the molecule is CCC1CN(c2nc(C)ncc2CO)CCCO1. The van der Waals surface area contributed by atoms with E-state index >= 15 is 0 Å². The second-order valence-corrected chi connectivity index (χ2v) is 4.62. The highest BCUT2D eigenvalue weighted by atomic mass is 16.5. The third kappa shape index (κ3) is 2.97. The van der Waals surface area contributed by atoms with Crippen LogP contribution >= 0.6 is 0 Å². The first-order valence-corrected chi connectivity index (χ1v) is 6.54. The molecule has 100 valence electrons. The molecule has 0 amide bonds. The number of hydrogen-bond acceptors (Lipinski definition) is 5. The van der Waals surface area contributed by atoms with Crippen molar-refractivity contribution >= 4 is 5.82 Å². The van der Waals surface area contributed by atoms with E-state index in [2.05, 4.69) is 21.8 Å². The summed E-state index contributed by atoms with van der Waals surface area (Å²) < 4.78 is 5.76. The minimum Gasteiger partial charge on any atom is -0.391 e. The molecule has 5 heteroatoms. The minimum absolute atomic E-state index is 0.0240. The van der Waals surface area contributed by atoms with Gasteiger partial charge in [0.1, 0.15) is 11.6 Å². The quantitative estimate of drug-likeness (QED) is 0.877. The summed E-state index contributed by atoms with van der Waals surface area (Å²) in [4.78, 5) is 10.8. The second-order valence-electron chi connectivity index (χ2n) is 4.62. The highest BCUT2D eigenvalue weighted by Gasteiger charge is 2.20. The van der Waals surface area contributed by atoms with Gasteiger partial charge in [-0.15, -0.1) is 0 Å². The zero-order valence-corrected chi connectivity index (χ0v) is 11.1. The molecule has 2 rings (SSSR count). The van der Waals surface area contributed by atoms with Crippen LogP contribution in [0.1, 0.15) is 31.2 Å². The van der Waals surface area contributed by atoms with Gasteiger partial charge in [0.25, 0.3) is 0 Å². The van der Waals surface area contributed by atoms with E-state index in [4.69, 9.17) is 4.74 Å². The zero-order chi connectivity index (χ0) is 13.0. The number of aliphatic hydroxyl groups excluding tert-OH is 1. The maximum atomic E-state index is 9.40. The number of aromatic nitrogens is 2. The molecule has 1 saturated heterocycles. The molecule has 1 aliphatic heterocycles. The van der Waals surface area contributed by atoms with Crippen LogP contribution < -0.4 is 4.90 Å². The van der Waals surface area contributed by atoms with Gasteiger partial charge in [-0.1, -0.05) is 6.92 Å². The summed E-state index contributed by atoms with van der Waals surface area (Å²) in [6.45, 7) is 6.53. The molecule has 1 aliphatic rings. The summed E-state index contributed by atoms with van der Waals surface area (Å²) in [6.07, 6.45) is 3.94. The largest absolute Gasteiger partial charge is 0.391 e. The predicted molar refractivity (Wildman–Crippen MR) is 69.6 cm³/mol. The Kier molecular flexibility index (Phi) is 4.49. The number of aryl methyl sites for hydroxylation is 1. The highest BCUT2D eigenvalue weighted by Crippen LogP contribution is 2.21. The van der Waals surface area contributed by atoms with Crippen molar-refractivity contribution in [2.75, 3.05) is 24.6 Å². The number of aliphatic hydroxyl groups is 1. The van der Waals surface area contributed by atoms with Gasteiger partial charge in [0.2, 0.25) is 0 Å². The number of ether oxygens (including phenoxy) is 1. The first-order valence-electron chi connectivity index (χ1n) is 6.54. The van der Waals surface area contributed by atoms with Gasteiger partial charge in [-0.2, -0.15) is 0 Å². The molecule has 1 atom stereocenters. The molecule has 1 unspecified atom stereocenters. The molecule has 0 saturated carbocycles. The van der Waals surface area contributed by atoms with E-state index in [0.29, 0.717) is 0 Å². The molecule has 1 N–H and O–H groups in total. The molecule has 1 aromatic rings. The van der Waals surface area contributed by atoms with Crippen molar-refractivity contribution in [2.24, 2.45) is 0 Å². The standard InChI is InChI=1S/C13H21N3O2/c1-3-12-8-16(5-4-6-18-12)13-11(9-17)7-14-10(2)15-13/h7,12,17H,3-6,8-9H2,1-2H3. The van der Waals surface area contributed by atoms with Gasteiger partial charge in [-0.05, 0) is 19.8 Å². The van der Waals surface area contributed by atoms with Crippen LogP contribution in [0.4, 0.5) is 5.82 Å². The molecule has 5 nitrogen and oxygen atoms in total. The van der Waals surface area contributed by atoms with E-state index < -0.39 is 0 Å². The number of rotatable bonds is 3. The van der Waals surface area contributed by atoms with Gasteiger partial charge in [0.05, 0.1) is 12.7 Å². The molecular formula is C13H21N3O2. The smallest absolute Gasteiger partial charge is 0.137 e. The van der Waals surface area contributed by atoms with Crippen LogP contribution in [0.15, 0.2) is 6.20 Å². The van der Waals surface area contributed by atoms with Crippen molar-refractivity contribution in [3.05, 3.63) is 17.6 Å². The molecule has 2 heterocycles. The van der Waals surface area contributed by atoms with E-state index in [1.807, 2.05) is 6.92 Å². The second kappa shape index (κ2) is 6.11. The summed E-state index contributed by atoms with van der Waals surface area (Å²) in [5.74, 6) is 1.59. The topological polar surface area (TPSA) is 58.5 Å². The molecule has 0 aliphatic carbocycles. The van der Waals surface area contributed by atoms with Crippen molar-refractivity contribution in [3.8, 4) is 0 Å². The molecule has 18 heavy (non-hydrogen) atoms. The van der Waals surface area contributed by atoms with Gasteiger partial charge in [-0.3, -0.25) is 0 Å². The van der Waals surface area contributed by atoms with E-state index in [1.165, 1.54) is 0 Å². The Morgan fingerprint density at radius 3 is 3.11 bits per heavy atom. The summed E-state index contributed by atoms with van der Waals surface area (Å²) in [5, 5.41) is 9.40. The monoisotopic (exact) mass is 251 g/mol. The number of hydrogen-bond donors (Lipinski definition) is 1. The molecule has 0 bridgehead atoms. The summed E-state index contributed by atoms with van der Waals surface area (Å²) in [6, 6.07) is 0. The number of nitrogens with zero attached hydrogens (tertiary/aromatic N) is 3. The first-order chi connectivity index (χ1) is 8.74. The van der Waals surface area contributed by atoms with Gasteiger partial charge in [-0.25, -0.2) is 9.97 Å². The Labute approximate surface area is 108 Å². The molecule has 1 fully saturated rings. The van der Waals surface area contributed by atoms with Crippen LogP contribution in [-0.2, 0) is 11.3 Å². The van der Waals surface area contributed by atoms with Crippen molar-refractivity contribution in [1.82, 2.24) is 9.97 Å². The van der Waals surface area contributed by atoms with Gasteiger partial charge < -0.3 is 14.7 Å². The Bertz CT molecular complexity index is 398. The van der Waals surface area contributed by atoms with Crippen LogP contribution in [0.25, 0.3) is 0 Å². The van der Waals surface area contributed by atoms with Gasteiger partial charge in [0, 0.05) is 31.5 Å². The maximum absolute atomic E-state index is 9.40. The summed E-state index contributed by atoms with van der Waals surface area (Å²) in [5.41, 5.74) is 0.789. The summed E-state index contributed by atoms with van der Waals surface area (Å²) in [7, 11) is 0. The van der Waals surface area contributed by atoms with Crippen molar-refractivity contribution in [2.45, 2.75) is 39.4 Å². The normalized spacial score (nSPS) is 20.8. The number of anilines is 1. The van der Waals surface area contributed by atoms with E-state index in [-0.39, 0.29) is 12.7 Å². The van der Waals surface area contributed by atoms with E-state index in [0.717, 1.165) is 49.7 Å². The highest BCUT2D eigenvalue weighted by molar-refractivity contribution is 5.46. The molecular weight excluding hydrogens is 230 g/mol. The van der Waals surface area contributed by atoms with E-state index in [9.17, 15) is 5.11 Å².